The van der Waals surface area contributed by atoms with Crippen molar-refractivity contribution in [3.8, 4) is 11.1 Å². The van der Waals surface area contributed by atoms with Gasteiger partial charge in [0.15, 0.2) is 0 Å². The molecule has 0 atom stereocenters. The average Bonchev–Trinajstić information content (AvgIpc) is 2.37. The Hall–Kier alpha value is -2.29. The van der Waals surface area contributed by atoms with Gasteiger partial charge in [0.25, 0.3) is 0 Å². The second-order valence-corrected chi connectivity index (χ2v) is 4.10. The molecule has 0 fully saturated rings. The molecule has 2 aromatic carbocycles. The van der Waals surface area contributed by atoms with E-state index in [0.717, 1.165) is 16.8 Å². The number of primary amides is 1. The third kappa shape index (κ3) is 1.47. The lowest BCUT2D eigenvalue weighted by atomic mass is 9.94. The van der Waals surface area contributed by atoms with Gasteiger partial charge in [0.1, 0.15) is 0 Å². The smallest absolute Gasteiger partial charge is 0.319 e. The topological polar surface area (TPSA) is 46.3 Å². The number of rotatable bonds is 0. The highest BCUT2D eigenvalue weighted by molar-refractivity contribution is 5.98. The van der Waals surface area contributed by atoms with Crippen LogP contribution in [0.25, 0.3) is 11.1 Å². The normalized spacial score (nSPS) is 12.8. The van der Waals surface area contributed by atoms with Gasteiger partial charge in [-0.05, 0) is 17.2 Å². The van der Waals surface area contributed by atoms with Crippen molar-refractivity contribution in [1.82, 2.24) is 0 Å². The molecule has 17 heavy (non-hydrogen) atoms. The molecule has 0 spiro atoms. The zero-order valence-corrected chi connectivity index (χ0v) is 9.26. The van der Waals surface area contributed by atoms with Gasteiger partial charge in [-0.2, -0.15) is 0 Å². The number of hydrogen-bond donors (Lipinski definition) is 1. The molecule has 2 amide bonds. The van der Waals surface area contributed by atoms with Crippen LogP contribution >= 0.6 is 0 Å². The van der Waals surface area contributed by atoms with Gasteiger partial charge < -0.3 is 5.73 Å². The summed E-state index contributed by atoms with van der Waals surface area (Å²) < 4.78 is 0. The van der Waals surface area contributed by atoms with E-state index in [9.17, 15) is 4.79 Å². The number of carbonyl (C=O) groups excluding carboxylic acids is 1. The fourth-order valence-corrected chi connectivity index (χ4v) is 2.31. The van der Waals surface area contributed by atoms with Crippen LogP contribution in [0.5, 0.6) is 0 Å². The molecule has 0 aromatic heterocycles. The molecule has 0 saturated carbocycles. The number of benzene rings is 2. The van der Waals surface area contributed by atoms with E-state index in [4.69, 9.17) is 5.73 Å². The second-order valence-electron chi connectivity index (χ2n) is 4.10. The van der Waals surface area contributed by atoms with Crippen molar-refractivity contribution in [3.05, 3.63) is 54.1 Å². The fraction of sp³-hybridized carbons (Fsp3) is 0.0714. The number of amides is 2. The van der Waals surface area contributed by atoms with Gasteiger partial charge in [0, 0.05) is 5.56 Å². The Morgan fingerprint density at radius 2 is 1.65 bits per heavy atom. The molecule has 0 saturated heterocycles. The molecule has 3 nitrogen and oxygen atoms in total. The standard InChI is InChI=1S/C14H12N2O/c15-14(17)16-9-10-5-1-2-6-11(10)12-7-3-4-8-13(12)16/h1-8H,9H2,(H2,15,17). The van der Waals surface area contributed by atoms with Crippen LogP contribution in [-0.2, 0) is 6.54 Å². The number of nitrogens with zero attached hydrogens (tertiary/aromatic N) is 1. The summed E-state index contributed by atoms with van der Waals surface area (Å²) in [7, 11) is 0. The molecule has 1 aliphatic heterocycles. The monoisotopic (exact) mass is 224 g/mol. The molecule has 84 valence electrons. The zero-order chi connectivity index (χ0) is 11.8. The SMILES string of the molecule is NC(=O)N1Cc2ccccc2-c2ccccc21. The number of fused-ring (bicyclic) bond motifs is 3. The maximum atomic E-state index is 11.5. The summed E-state index contributed by atoms with van der Waals surface area (Å²) in [6.45, 7) is 0.544. The van der Waals surface area contributed by atoms with Crippen molar-refractivity contribution < 1.29 is 4.79 Å². The third-order valence-corrected chi connectivity index (χ3v) is 3.10. The van der Waals surface area contributed by atoms with E-state index >= 15 is 0 Å². The van der Waals surface area contributed by atoms with E-state index < -0.39 is 6.03 Å². The number of nitrogens with two attached hydrogens (primary N) is 1. The summed E-state index contributed by atoms with van der Waals surface area (Å²) in [6.07, 6.45) is 0. The predicted molar refractivity (Wildman–Crippen MR) is 67.6 cm³/mol. The van der Waals surface area contributed by atoms with E-state index in [2.05, 4.69) is 6.07 Å². The Morgan fingerprint density at radius 1 is 1.00 bits per heavy atom. The Labute approximate surface area is 99.5 Å². The van der Waals surface area contributed by atoms with Gasteiger partial charge in [0.2, 0.25) is 0 Å². The number of carbonyl (C=O) groups is 1. The van der Waals surface area contributed by atoms with Gasteiger partial charge in [-0.15, -0.1) is 0 Å². The Kier molecular flexibility index (Phi) is 2.11. The first-order valence-electron chi connectivity index (χ1n) is 5.51. The van der Waals surface area contributed by atoms with Gasteiger partial charge in [0.05, 0.1) is 12.2 Å². The molecular formula is C14H12N2O. The Balaban J connectivity index is 2.26. The minimum absolute atomic E-state index is 0.410. The Bertz CT molecular complexity index is 592. The lowest BCUT2D eigenvalue weighted by Gasteiger charge is -2.29. The highest BCUT2D eigenvalue weighted by atomic mass is 16.2. The Morgan fingerprint density at radius 3 is 2.41 bits per heavy atom. The molecule has 2 aromatic rings. The third-order valence-electron chi connectivity index (χ3n) is 3.10. The number of hydrogen-bond acceptors (Lipinski definition) is 1. The number of para-hydroxylation sites is 1. The fourth-order valence-electron chi connectivity index (χ4n) is 2.31. The lowest BCUT2D eigenvalue weighted by Crippen LogP contribution is -2.37. The average molecular weight is 224 g/mol. The van der Waals surface area contributed by atoms with Crippen molar-refractivity contribution in [2.45, 2.75) is 6.54 Å². The quantitative estimate of drug-likeness (QED) is 0.734. The summed E-state index contributed by atoms with van der Waals surface area (Å²) in [5.41, 5.74) is 9.69. The number of anilines is 1. The minimum atomic E-state index is -0.410. The highest BCUT2D eigenvalue weighted by Crippen LogP contribution is 2.38. The summed E-state index contributed by atoms with van der Waals surface area (Å²) in [5, 5.41) is 0. The summed E-state index contributed by atoms with van der Waals surface area (Å²) in [6, 6.07) is 15.5. The van der Waals surface area contributed by atoms with Crippen LogP contribution in [0.3, 0.4) is 0 Å². The molecular weight excluding hydrogens is 212 g/mol. The summed E-state index contributed by atoms with van der Waals surface area (Å²) >= 11 is 0. The van der Waals surface area contributed by atoms with E-state index in [1.807, 2.05) is 42.5 Å². The first-order valence-corrected chi connectivity index (χ1v) is 5.51. The summed E-state index contributed by atoms with van der Waals surface area (Å²) in [4.78, 5) is 13.1. The largest absolute Gasteiger partial charge is 0.351 e. The minimum Gasteiger partial charge on any atom is -0.351 e. The zero-order valence-electron chi connectivity index (χ0n) is 9.26. The van der Waals surface area contributed by atoms with Crippen molar-refractivity contribution in [2.24, 2.45) is 5.73 Å². The van der Waals surface area contributed by atoms with Crippen LogP contribution < -0.4 is 10.6 Å². The first-order chi connectivity index (χ1) is 8.27. The van der Waals surface area contributed by atoms with Crippen LogP contribution in [0.4, 0.5) is 10.5 Å². The van der Waals surface area contributed by atoms with Crippen molar-refractivity contribution in [2.75, 3.05) is 4.90 Å². The van der Waals surface area contributed by atoms with E-state index in [1.165, 1.54) is 5.56 Å². The molecule has 1 aliphatic rings. The van der Waals surface area contributed by atoms with Crippen LogP contribution in [-0.4, -0.2) is 6.03 Å². The van der Waals surface area contributed by atoms with E-state index in [1.54, 1.807) is 4.90 Å². The molecule has 2 N–H and O–H groups in total. The van der Waals surface area contributed by atoms with Crippen molar-refractivity contribution >= 4 is 11.7 Å². The highest BCUT2D eigenvalue weighted by Gasteiger charge is 2.23. The van der Waals surface area contributed by atoms with Gasteiger partial charge >= 0.3 is 6.03 Å². The van der Waals surface area contributed by atoms with Gasteiger partial charge in [-0.25, -0.2) is 4.79 Å². The van der Waals surface area contributed by atoms with Crippen LogP contribution in [0.1, 0.15) is 5.56 Å². The second kappa shape index (κ2) is 3.63. The van der Waals surface area contributed by atoms with Crippen LogP contribution in [0.2, 0.25) is 0 Å². The molecule has 0 bridgehead atoms. The van der Waals surface area contributed by atoms with Gasteiger partial charge in [-0.3, -0.25) is 4.90 Å². The van der Waals surface area contributed by atoms with Crippen molar-refractivity contribution in [3.63, 3.8) is 0 Å². The summed E-state index contributed by atoms with van der Waals surface area (Å²) in [5.74, 6) is 0. The van der Waals surface area contributed by atoms with Crippen LogP contribution in [0.15, 0.2) is 48.5 Å². The molecule has 3 rings (SSSR count). The van der Waals surface area contributed by atoms with Gasteiger partial charge in [-0.1, -0.05) is 42.5 Å². The lowest BCUT2D eigenvalue weighted by molar-refractivity contribution is 0.253. The predicted octanol–water partition coefficient (Wildman–Crippen LogP) is 2.75. The van der Waals surface area contributed by atoms with Crippen LogP contribution in [0, 0.1) is 0 Å². The van der Waals surface area contributed by atoms with Crippen molar-refractivity contribution in [1.29, 1.82) is 0 Å². The van der Waals surface area contributed by atoms with E-state index in [-0.39, 0.29) is 0 Å². The molecule has 1 heterocycles. The first kappa shape index (κ1) is 9.90. The maximum absolute atomic E-state index is 11.5. The molecule has 3 heteroatoms. The molecule has 0 radical (unpaired) electrons. The number of urea groups is 1. The van der Waals surface area contributed by atoms with E-state index in [0.29, 0.717) is 6.54 Å². The molecule has 0 unspecified atom stereocenters. The maximum Gasteiger partial charge on any atom is 0.319 e. The molecule has 0 aliphatic carbocycles.